The van der Waals surface area contributed by atoms with Gasteiger partial charge in [0.1, 0.15) is 5.01 Å². The molecule has 1 aliphatic heterocycles. The van der Waals surface area contributed by atoms with Gasteiger partial charge >= 0.3 is 0 Å². The molecule has 0 amide bonds. The maximum atomic E-state index is 6.34. The molecule has 1 saturated carbocycles. The van der Waals surface area contributed by atoms with E-state index in [1.54, 1.807) is 17.5 Å². The van der Waals surface area contributed by atoms with Crippen LogP contribution >= 0.6 is 22.9 Å². The van der Waals surface area contributed by atoms with Gasteiger partial charge in [0.05, 0.1) is 11.6 Å². The summed E-state index contributed by atoms with van der Waals surface area (Å²) in [6.07, 6.45) is 9.35. The summed E-state index contributed by atoms with van der Waals surface area (Å²) in [7, 11) is 0. The van der Waals surface area contributed by atoms with E-state index < -0.39 is 0 Å². The summed E-state index contributed by atoms with van der Waals surface area (Å²) in [5.74, 6) is 0. The molecular formula is C17H21ClN4S. The second-order valence-corrected chi connectivity index (χ2v) is 8.02. The van der Waals surface area contributed by atoms with E-state index in [1.165, 1.54) is 24.3 Å². The Morgan fingerprint density at radius 2 is 2.17 bits per heavy atom. The quantitative estimate of drug-likeness (QED) is 0.899. The summed E-state index contributed by atoms with van der Waals surface area (Å²) in [5, 5.41) is 7.49. The third kappa shape index (κ3) is 3.29. The van der Waals surface area contributed by atoms with Gasteiger partial charge in [0, 0.05) is 36.6 Å². The van der Waals surface area contributed by atoms with Crippen LogP contribution < -0.4 is 5.32 Å². The third-order valence-electron chi connectivity index (χ3n) is 5.24. The molecule has 1 saturated heterocycles. The van der Waals surface area contributed by atoms with Crippen LogP contribution in [0.15, 0.2) is 30.0 Å². The molecule has 2 aromatic rings. The lowest BCUT2D eigenvalue weighted by Gasteiger charge is -2.29. The molecule has 2 aromatic heterocycles. The van der Waals surface area contributed by atoms with Gasteiger partial charge in [-0.2, -0.15) is 0 Å². The second kappa shape index (κ2) is 6.48. The molecule has 1 atom stereocenters. The Morgan fingerprint density at radius 3 is 2.91 bits per heavy atom. The number of aromatic nitrogens is 2. The largest absolute Gasteiger partial charge is 0.317 e. The predicted octanol–water partition coefficient (Wildman–Crippen LogP) is 3.34. The standard InChI is InChI=1S/C17H21ClN4S/c18-14-10-20-4-1-13(14)11-22(12-16-21-7-8-23-16)15-9-17(15)2-5-19-6-3-17/h1,4,7-8,10,15,19H,2-3,5-6,9,11-12H2. The number of nitrogens with one attached hydrogen (secondary N) is 1. The Labute approximate surface area is 145 Å². The summed E-state index contributed by atoms with van der Waals surface area (Å²) < 4.78 is 0. The number of thiazole rings is 1. The van der Waals surface area contributed by atoms with Crippen LogP contribution in [0.1, 0.15) is 29.8 Å². The topological polar surface area (TPSA) is 41.1 Å². The van der Waals surface area contributed by atoms with Gasteiger partial charge in [0.15, 0.2) is 0 Å². The fourth-order valence-electron chi connectivity index (χ4n) is 3.84. The van der Waals surface area contributed by atoms with Crippen LogP contribution in [0.4, 0.5) is 0 Å². The number of hydrogen-bond donors (Lipinski definition) is 1. The Balaban J connectivity index is 1.53. The third-order valence-corrected chi connectivity index (χ3v) is 6.34. The van der Waals surface area contributed by atoms with Crippen LogP contribution in [-0.4, -0.2) is 34.0 Å². The van der Waals surface area contributed by atoms with Gasteiger partial charge < -0.3 is 5.32 Å². The predicted molar refractivity (Wildman–Crippen MR) is 93.5 cm³/mol. The van der Waals surface area contributed by atoms with Gasteiger partial charge in [-0.15, -0.1) is 11.3 Å². The number of piperidine rings is 1. The SMILES string of the molecule is Clc1cnccc1CN(Cc1nccs1)C1CC12CCNCC2. The van der Waals surface area contributed by atoms with Crippen molar-refractivity contribution >= 4 is 22.9 Å². The van der Waals surface area contributed by atoms with E-state index >= 15 is 0 Å². The van der Waals surface area contributed by atoms with Crippen molar-refractivity contribution in [1.82, 2.24) is 20.2 Å². The van der Waals surface area contributed by atoms with E-state index in [0.29, 0.717) is 11.5 Å². The van der Waals surface area contributed by atoms with Gasteiger partial charge in [-0.05, 0) is 49.4 Å². The lowest BCUT2D eigenvalue weighted by Crippen LogP contribution is -2.35. The fraction of sp³-hybridized carbons (Fsp3) is 0.529. The molecule has 1 N–H and O–H groups in total. The van der Waals surface area contributed by atoms with Crippen molar-refractivity contribution in [2.75, 3.05) is 13.1 Å². The van der Waals surface area contributed by atoms with Crippen molar-refractivity contribution in [3.8, 4) is 0 Å². The first-order chi connectivity index (χ1) is 11.3. The van der Waals surface area contributed by atoms with E-state index in [0.717, 1.165) is 36.8 Å². The molecule has 1 spiro atoms. The monoisotopic (exact) mass is 348 g/mol. The molecule has 6 heteroatoms. The van der Waals surface area contributed by atoms with Crippen LogP contribution in [0, 0.1) is 5.41 Å². The molecular weight excluding hydrogens is 328 g/mol. The summed E-state index contributed by atoms with van der Waals surface area (Å²) >= 11 is 8.08. The fourth-order valence-corrected chi connectivity index (χ4v) is 4.66. The first-order valence-electron chi connectivity index (χ1n) is 8.18. The molecule has 1 aliphatic carbocycles. The van der Waals surface area contributed by atoms with Crippen LogP contribution in [-0.2, 0) is 13.1 Å². The summed E-state index contributed by atoms with van der Waals surface area (Å²) in [4.78, 5) is 11.2. The minimum Gasteiger partial charge on any atom is -0.317 e. The lowest BCUT2D eigenvalue weighted by atomic mass is 9.93. The zero-order valence-corrected chi connectivity index (χ0v) is 14.6. The average molecular weight is 349 g/mol. The number of hydrogen-bond acceptors (Lipinski definition) is 5. The van der Waals surface area contributed by atoms with E-state index in [-0.39, 0.29) is 0 Å². The van der Waals surface area contributed by atoms with Crippen LogP contribution in [0.5, 0.6) is 0 Å². The highest BCUT2D eigenvalue weighted by molar-refractivity contribution is 7.09. The molecule has 0 aromatic carbocycles. The first kappa shape index (κ1) is 15.5. The van der Waals surface area contributed by atoms with Crippen LogP contribution in [0.2, 0.25) is 5.02 Å². The van der Waals surface area contributed by atoms with E-state index in [9.17, 15) is 0 Å². The molecule has 4 rings (SSSR count). The van der Waals surface area contributed by atoms with Crippen molar-refractivity contribution in [3.63, 3.8) is 0 Å². The number of halogens is 1. The molecule has 122 valence electrons. The van der Waals surface area contributed by atoms with Crippen molar-refractivity contribution in [1.29, 1.82) is 0 Å². The van der Waals surface area contributed by atoms with Crippen LogP contribution in [0.25, 0.3) is 0 Å². The summed E-state index contributed by atoms with van der Waals surface area (Å²) in [6.45, 7) is 4.09. The summed E-state index contributed by atoms with van der Waals surface area (Å²) in [5.41, 5.74) is 1.68. The van der Waals surface area contributed by atoms with Gasteiger partial charge in [-0.1, -0.05) is 11.6 Å². The number of pyridine rings is 1. The number of rotatable bonds is 5. The molecule has 0 radical (unpaired) electrons. The molecule has 4 nitrogen and oxygen atoms in total. The van der Waals surface area contributed by atoms with Crippen molar-refractivity contribution in [3.05, 3.63) is 45.6 Å². The van der Waals surface area contributed by atoms with Crippen molar-refractivity contribution in [2.24, 2.45) is 5.41 Å². The van der Waals surface area contributed by atoms with Gasteiger partial charge in [0.2, 0.25) is 0 Å². The van der Waals surface area contributed by atoms with Gasteiger partial charge in [-0.25, -0.2) is 4.98 Å². The summed E-state index contributed by atoms with van der Waals surface area (Å²) in [6, 6.07) is 2.69. The zero-order valence-electron chi connectivity index (χ0n) is 13.0. The van der Waals surface area contributed by atoms with Crippen molar-refractivity contribution < 1.29 is 0 Å². The molecule has 23 heavy (non-hydrogen) atoms. The highest BCUT2D eigenvalue weighted by atomic mass is 35.5. The van der Waals surface area contributed by atoms with Crippen LogP contribution in [0.3, 0.4) is 0 Å². The lowest BCUT2D eigenvalue weighted by molar-refractivity contribution is 0.188. The molecule has 3 heterocycles. The maximum absolute atomic E-state index is 6.34. The van der Waals surface area contributed by atoms with Crippen molar-refractivity contribution in [2.45, 2.75) is 38.4 Å². The Bertz CT molecular complexity index is 654. The Kier molecular flexibility index (Phi) is 4.37. The zero-order chi connectivity index (χ0) is 15.7. The van der Waals surface area contributed by atoms with Gasteiger partial charge in [-0.3, -0.25) is 9.88 Å². The molecule has 2 aliphatic rings. The minimum atomic E-state index is 0.516. The average Bonchev–Trinajstić information content (AvgIpc) is 3.01. The first-order valence-corrected chi connectivity index (χ1v) is 9.44. The molecule has 1 unspecified atom stereocenters. The normalized spacial score (nSPS) is 22.6. The van der Waals surface area contributed by atoms with E-state index in [2.05, 4.69) is 25.6 Å². The molecule has 0 bridgehead atoms. The van der Waals surface area contributed by atoms with Gasteiger partial charge in [0.25, 0.3) is 0 Å². The highest BCUT2D eigenvalue weighted by Crippen LogP contribution is 2.56. The molecule has 2 fully saturated rings. The Hall–Kier alpha value is -1.01. The highest BCUT2D eigenvalue weighted by Gasteiger charge is 2.56. The van der Waals surface area contributed by atoms with E-state index in [1.807, 2.05) is 18.5 Å². The number of nitrogens with zero attached hydrogens (tertiary/aromatic N) is 3. The Morgan fingerprint density at radius 1 is 1.30 bits per heavy atom. The van der Waals surface area contributed by atoms with E-state index in [4.69, 9.17) is 11.6 Å². The maximum Gasteiger partial charge on any atom is 0.107 e. The smallest absolute Gasteiger partial charge is 0.107 e. The minimum absolute atomic E-state index is 0.516. The second-order valence-electron chi connectivity index (χ2n) is 6.63.